The molecule has 0 saturated heterocycles. The summed E-state index contributed by atoms with van der Waals surface area (Å²) in [6.45, 7) is 0. The highest BCUT2D eigenvalue weighted by atomic mass is 16.5. The third-order valence-corrected chi connectivity index (χ3v) is 4.81. The van der Waals surface area contributed by atoms with E-state index >= 15 is 0 Å². The van der Waals surface area contributed by atoms with Gasteiger partial charge in [0.25, 0.3) is 0 Å². The first kappa shape index (κ1) is 17.0. The lowest BCUT2D eigenvalue weighted by Crippen LogP contribution is -2.00. The van der Waals surface area contributed by atoms with Gasteiger partial charge in [0.1, 0.15) is 24.3 Å². The minimum Gasteiger partial charge on any atom is -0.437 e. The van der Waals surface area contributed by atoms with Crippen LogP contribution in [0.1, 0.15) is 0 Å². The summed E-state index contributed by atoms with van der Waals surface area (Å²) in [5, 5.41) is 45.7. The average molecular weight is 388 g/mol. The number of ether oxygens (including phenoxy) is 2. The van der Waals surface area contributed by atoms with Crippen LogP contribution < -0.4 is 20.1 Å². The summed E-state index contributed by atoms with van der Waals surface area (Å²) in [4.78, 5) is 0. The Morgan fingerprint density at radius 3 is 1.30 bits per heavy atom. The van der Waals surface area contributed by atoms with Crippen molar-refractivity contribution in [2.75, 3.05) is 10.6 Å². The number of allylic oxidation sites excluding steroid dienone is 2. The molecule has 0 bridgehead atoms. The Kier molecular flexibility index (Phi) is 3.49. The molecule has 0 radical (unpaired) electrons. The van der Waals surface area contributed by atoms with Crippen molar-refractivity contribution in [3.05, 3.63) is 59.3 Å². The number of hydrogen-bond donors (Lipinski definition) is 2. The van der Waals surface area contributed by atoms with Crippen molar-refractivity contribution in [2.45, 2.75) is 0 Å². The lowest BCUT2D eigenvalue weighted by Gasteiger charge is -2.06. The van der Waals surface area contributed by atoms with Crippen molar-refractivity contribution in [1.29, 1.82) is 21.0 Å². The van der Waals surface area contributed by atoms with E-state index in [9.17, 15) is 0 Å². The molecule has 0 unspecified atom stereocenters. The van der Waals surface area contributed by atoms with Gasteiger partial charge in [-0.25, -0.2) is 0 Å². The molecule has 2 aliphatic rings. The monoisotopic (exact) mass is 388 g/mol. The second-order valence-corrected chi connectivity index (χ2v) is 6.55. The molecule has 3 aromatic rings. The Morgan fingerprint density at radius 1 is 0.567 bits per heavy atom. The van der Waals surface area contributed by atoms with E-state index in [1.165, 1.54) is 0 Å². The van der Waals surface area contributed by atoms with E-state index in [1.54, 1.807) is 0 Å². The van der Waals surface area contributed by atoms with E-state index < -0.39 is 0 Å². The number of anilines is 2. The fourth-order valence-corrected chi connectivity index (χ4v) is 3.42. The van der Waals surface area contributed by atoms with E-state index in [-0.39, 0.29) is 22.9 Å². The smallest absolute Gasteiger partial charge is 0.226 e. The maximum Gasteiger partial charge on any atom is 0.226 e. The molecular weight excluding hydrogens is 380 g/mol. The SMILES string of the molecule is N#CC(C#N)=C1Nc2cc3cc4cc5c(cc4cc3cc2O1)NC(=C(C#N)C#N)O5. The summed E-state index contributed by atoms with van der Waals surface area (Å²) >= 11 is 0. The molecule has 0 aliphatic carbocycles. The molecule has 0 fully saturated rings. The summed E-state index contributed by atoms with van der Waals surface area (Å²) in [6, 6.07) is 18.6. The van der Waals surface area contributed by atoms with Gasteiger partial charge in [0, 0.05) is 0 Å². The molecular formula is C22H8N6O2. The number of hydrogen-bond acceptors (Lipinski definition) is 8. The zero-order valence-electron chi connectivity index (χ0n) is 15.1. The zero-order valence-corrected chi connectivity index (χ0v) is 15.1. The number of fused-ring (bicyclic) bond motifs is 4. The molecule has 8 nitrogen and oxygen atoms in total. The Labute approximate surface area is 169 Å². The highest BCUT2D eigenvalue weighted by Crippen LogP contribution is 2.42. The van der Waals surface area contributed by atoms with Crippen molar-refractivity contribution < 1.29 is 9.47 Å². The first-order valence-corrected chi connectivity index (χ1v) is 8.68. The fraction of sp³-hybridized carbons (Fsp3) is 0. The third-order valence-electron chi connectivity index (χ3n) is 4.81. The topological polar surface area (TPSA) is 138 Å². The Bertz CT molecular complexity index is 1310. The van der Waals surface area contributed by atoms with Crippen LogP contribution in [-0.4, -0.2) is 0 Å². The van der Waals surface area contributed by atoms with E-state index in [4.69, 9.17) is 30.5 Å². The molecule has 0 saturated carbocycles. The Morgan fingerprint density at radius 2 is 0.933 bits per heavy atom. The van der Waals surface area contributed by atoms with Crippen LogP contribution in [0.2, 0.25) is 0 Å². The second kappa shape index (κ2) is 6.17. The lowest BCUT2D eigenvalue weighted by molar-refractivity contribution is 0.455. The second-order valence-electron chi connectivity index (χ2n) is 6.55. The molecule has 2 aliphatic heterocycles. The standard InChI is InChI=1S/C22H8N6O2/c23-7-15(8-24)21-27-17-3-11-1-13-5-19-18(28-22(29-19)16(9-25)10-26)4-12(13)2-14(11)6-20(17)30-21/h1-6,27-28H. The normalized spacial score (nSPS) is 12.8. The maximum atomic E-state index is 9.04. The fourth-order valence-electron chi connectivity index (χ4n) is 3.42. The maximum absolute atomic E-state index is 9.04. The Balaban J connectivity index is 1.62. The van der Waals surface area contributed by atoms with Crippen molar-refractivity contribution in [2.24, 2.45) is 0 Å². The van der Waals surface area contributed by atoms with Crippen molar-refractivity contribution in [1.82, 2.24) is 0 Å². The summed E-state index contributed by atoms with van der Waals surface area (Å²) in [5.74, 6) is 1.30. The van der Waals surface area contributed by atoms with E-state index in [2.05, 4.69) is 10.6 Å². The van der Waals surface area contributed by atoms with Gasteiger partial charge in [0.15, 0.2) is 22.6 Å². The van der Waals surface area contributed by atoms with Gasteiger partial charge in [-0.2, -0.15) is 21.0 Å². The molecule has 5 rings (SSSR count). The van der Waals surface area contributed by atoms with Gasteiger partial charge in [-0.1, -0.05) is 0 Å². The third kappa shape index (κ3) is 2.43. The van der Waals surface area contributed by atoms with Gasteiger partial charge in [-0.15, -0.1) is 0 Å². The predicted octanol–water partition coefficient (Wildman–Crippen LogP) is 4.12. The molecule has 0 spiro atoms. The van der Waals surface area contributed by atoms with Crippen LogP contribution in [0.25, 0.3) is 21.5 Å². The predicted molar refractivity (Wildman–Crippen MR) is 106 cm³/mol. The van der Waals surface area contributed by atoms with Gasteiger partial charge in [0.2, 0.25) is 11.8 Å². The molecule has 3 aromatic carbocycles. The zero-order chi connectivity index (χ0) is 20.8. The number of benzene rings is 3. The van der Waals surface area contributed by atoms with Gasteiger partial charge in [0.05, 0.1) is 11.4 Å². The molecule has 2 heterocycles. The van der Waals surface area contributed by atoms with Crippen LogP contribution in [0.4, 0.5) is 11.4 Å². The van der Waals surface area contributed by atoms with Crippen LogP contribution in [0.3, 0.4) is 0 Å². The first-order chi connectivity index (χ1) is 14.6. The minimum atomic E-state index is -0.127. The molecule has 138 valence electrons. The highest BCUT2D eigenvalue weighted by Gasteiger charge is 2.23. The minimum absolute atomic E-state index is 0.122. The summed E-state index contributed by atoms with van der Waals surface area (Å²) in [5.41, 5.74) is 1.07. The highest BCUT2D eigenvalue weighted by molar-refractivity contribution is 6.03. The van der Waals surface area contributed by atoms with Crippen LogP contribution in [0.5, 0.6) is 11.5 Å². The van der Waals surface area contributed by atoms with Crippen molar-refractivity contribution in [3.63, 3.8) is 0 Å². The van der Waals surface area contributed by atoms with Crippen LogP contribution in [0, 0.1) is 45.3 Å². The molecule has 2 N–H and O–H groups in total. The number of nitriles is 4. The quantitative estimate of drug-likeness (QED) is 0.433. The average Bonchev–Trinajstić information content (AvgIpc) is 3.33. The summed E-state index contributed by atoms with van der Waals surface area (Å²) in [7, 11) is 0. The van der Waals surface area contributed by atoms with Crippen LogP contribution >= 0.6 is 0 Å². The van der Waals surface area contributed by atoms with Crippen LogP contribution in [0.15, 0.2) is 59.3 Å². The number of rotatable bonds is 0. The largest absolute Gasteiger partial charge is 0.437 e. The van der Waals surface area contributed by atoms with E-state index in [0.717, 1.165) is 21.5 Å². The van der Waals surface area contributed by atoms with Gasteiger partial charge >= 0.3 is 0 Å². The molecule has 30 heavy (non-hydrogen) atoms. The first-order valence-electron chi connectivity index (χ1n) is 8.68. The molecule has 0 amide bonds. The Hall–Kier alpha value is -5.18. The molecule has 0 atom stereocenters. The lowest BCUT2D eigenvalue weighted by atomic mass is 10.0. The van der Waals surface area contributed by atoms with Crippen molar-refractivity contribution in [3.8, 4) is 35.8 Å². The van der Waals surface area contributed by atoms with E-state index in [1.807, 2.05) is 60.7 Å². The summed E-state index contributed by atoms with van der Waals surface area (Å²) < 4.78 is 11.3. The molecule has 8 heteroatoms. The van der Waals surface area contributed by atoms with Gasteiger partial charge in [-0.05, 0) is 57.9 Å². The van der Waals surface area contributed by atoms with Gasteiger partial charge in [-0.3, -0.25) is 0 Å². The number of nitrogens with zero attached hydrogens (tertiary/aromatic N) is 4. The van der Waals surface area contributed by atoms with Crippen LogP contribution in [-0.2, 0) is 0 Å². The van der Waals surface area contributed by atoms with Crippen molar-refractivity contribution >= 4 is 32.9 Å². The number of nitrogens with one attached hydrogen (secondary N) is 2. The molecule has 0 aromatic heterocycles. The van der Waals surface area contributed by atoms with Gasteiger partial charge < -0.3 is 20.1 Å². The summed E-state index contributed by atoms with van der Waals surface area (Å²) in [6.07, 6.45) is 0. The van der Waals surface area contributed by atoms with E-state index in [0.29, 0.717) is 22.9 Å².